The minimum atomic E-state index is 0.467. The lowest BCUT2D eigenvalue weighted by Crippen LogP contribution is -2.05. The van der Waals surface area contributed by atoms with Gasteiger partial charge in [0.15, 0.2) is 0 Å². The highest BCUT2D eigenvalue weighted by molar-refractivity contribution is 5.60. The monoisotopic (exact) mass is 356 g/mol. The number of nitrogens with one attached hydrogen (secondary N) is 1. The van der Waals surface area contributed by atoms with Crippen LogP contribution >= 0.6 is 0 Å². The Hall–Kier alpha value is -3.47. The lowest BCUT2D eigenvalue weighted by molar-refractivity contribution is 0.432. The van der Waals surface area contributed by atoms with Crippen molar-refractivity contribution in [1.82, 2.24) is 15.1 Å². The number of benzene rings is 2. The van der Waals surface area contributed by atoms with Crippen molar-refractivity contribution in [1.29, 1.82) is 0 Å². The van der Waals surface area contributed by atoms with Crippen LogP contribution in [0.15, 0.2) is 77.4 Å². The van der Waals surface area contributed by atoms with Gasteiger partial charge in [-0.1, -0.05) is 59.3 Å². The molecule has 134 valence electrons. The number of hydrogen-bond acceptors (Lipinski definition) is 5. The van der Waals surface area contributed by atoms with Gasteiger partial charge in [-0.3, -0.25) is 0 Å². The molecular formula is C22H20N4O. The normalized spacial score (nSPS) is 10.7. The maximum Gasteiger partial charge on any atom is 0.259 e. The summed E-state index contributed by atoms with van der Waals surface area (Å²) in [4.78, 5) is 8.93. The fourth-order valence-corrected chi connectivity index (χ4v) is 2.85. The number of anilines is 1. The molecule has 0 bridgehead atoms. The molecule has 0 aliphatic heterocycles. The highest BCUT2D eigenvalue weighted by Gasteiger charge is 2.11. The van der Waals surface area contributed by atoms with Gasteiger partial charge in [-0.25, -0.2) is 4.98 Å². The van der Waals surface area contributed by atoms with E-state index in [1.165, 1.54) is 5.56 Å². The van der Waals surface area contributed by atoms with Gasteiger partial charge in [-0.2, -0.15) is 4.98 Å². The van der Waals surface area contributed by atoms with Crippen LogP contribution in [0.2, 0.25) is 0 Å². The molecular weight excluding hydrogens is 336 g/mol. The Morgan fingerprint density at radius 3 is 2.59 bits per heavy atom. The summed E-state index contributed by atoms with van der Waals surface area (Å²) in [6, 6.07) is 22.3. The van der Waals surface area contributed by atoms with Crippen molar-refractivity contribution < 1.29 is 4.52 Å². The van der Waals surface area contributed by atoms with Gasteiger partial charge in [0.25, 0.3) is 5.89 Å². The molecule has 2 aromatic heterocycles. The number of nitrogens with zero attached hydrogens (tertiary/aromatic N) is 3. The number of pyridine rings is 1. The summed E-state index contributed by atoms with van der Waals surface area (Å²) in [5, 5.41) is 7.41. The molecule has 0 saturated carbocycles. The Morgan fingerprint density at radius 2 is 1.81 bits per heavy atom. The Balaban J connectivity index is 1.40. The van der Waals surface area contributed by atoms with Gasteiger partial charge in [-0.05, 0) is 37.1 Å². The quantitative estimate of drug-likeness (QED) is 0.539. The van der Waals surface area contributed by atoms with Crippen LogP contribution in [0.4, 0.5) is 5.82 Å². The molecule has 1 N–H and O–H groups in total. The van der Waals surface area contributed by atoms with Crippen molar-refractivity contribution in [3.8, 4) is 22.8 Å². The minimum Gasteiger partial charge on any atom is -0.370 e. The van der Waals surface area contributed by atoms with Gasteiger partial charge >= 0.3 is 0 Å². The van der Waals surface area contributed by atoms with Crippen LogP contribution in [0.25, 0.3) is 22.8 Å². The van der Waals surface area contributed by atoms with E-state index in [0.717, 1.165) is 35.5 Å². The zero-order chi connectivity index (χ0) is 18.5. The van der Waals surface area contributed by atoms with Gasteiger partial charge in [0, 0.05) is 18.3 Å². The number of rotatable bonds is 6. The zero-order valence-corrected chi connectivity index (χ0v) is 15.1. The minimum absolute atomic E-state index is 0.467. The summed E-state index contributed by atoms with van der Waals surface area (Å²) >= 11 is 0. The Bertz CT molecular complexity index is 1010. The van der Waals surface area contributed by atoms with E-state index in [2.05, 4.69) is 44.7 Å². The lowest BCUT2D eigenvalue weighted by Gasteiger charge is -2.05. The second-order valence-electron chi connectivity index (χ2n) is 6.39. The van der Waals surface area contributed by atoms with E-state index < -0.39 is 0 Å². The highest BCUT2D eigenvalue weighted by Crippen LogP contribution is 2.23. The van der Waals surface area contributed by atoms with Crippen molar-refractivity contribution in [2.75, 3.05) is 11.9 Å². The molecule has 0 unspecified atom stereocenters. The topological polar surface area (TPSA) is 63.8 Å². The highest BCUT2D eigenvalue weighted by atomic mass is 16.5. The summed E-state index contributed by atoms with van der Waals surface area (Å²) in [6.45, 7) is 2.87. The molecule has 4 rings (SSSR count). The maximum absolute atomic E-state index is 5.40. The van der Waals surface area contributed by atoms with Gasteiger partial charge in [0.2, 0.25) is 5.82 Å². The van der Waals surface area contributed by atoms with Gasteiger partial charge in [0.05, 0.1) is 5.56 Å². The first-order chi connectivity index (χ1) is 13.3. The molecule has 4 aromatic rings. The van der Waals surface area contributed by atoms with Crippen molar-refractivity contribution in [2.24, 2.45) is 0 Å². The number of aromatic nitrogens is 3. The van der Waals surface area contributed by atoms with Gasteiger partial charge in [-0.15, -0.1) is 0 Å². The smallest absolute Gasteiger partial charge is 0.259 e. The van der Waals surface area contributed by atoms with E-state index in [-0.39, 0.29) is 0 Å². The summed E-state index contributed by atoms with van der Waals surface area (Å²) < 4.78 is 5.40. The summed E-state index contributed by atoms with van der Waals surface area (Å²) in [5.74, 6) is 1.88. The molecule has 27 heavy (non-hydrogen) atoms. The summed E-state index contributed by atoms with van der Waals surface area (Å²) in [5.41, 5.74) is 4.20. The molecule has 5 nitrogen and oxygen atoms in total. The fraction of sp³-hybridized carbons (Fsp3) is 0.136. The van der Waals surface area contributed by atoms with E-state index in [9.17, 15) is 0 Å². The van der Waals surface area contributed by atoms with Crippen LogP contribution < -0.4 is 5.32 Å². The van der Waals surface area contributed by atoms with Gasteiger partial charge < -0.3 is 9.84 Å². The number of hydrogen-bond donors (Lipinski definition) is 1. The Morgan fingerprint density at radius 1 is 0.926 bits per heavy atom. The van der Waals surface area contributed by atoms with E-state index >= 15 is 0 Å². The third kappa shape index (κ3) is 4.20. The summed E-state index contributed by atoms with van der Waals surface area (Å²) in [6.07, 6.45) is 2.70. The summed E-state index contributed by atoms with van der Waals surface area (Å²) in [7, 11) is 0. The second-order valence-corrected chi connectivity index (χ2v) is 6.39. The van der Waals surface area contributed by atoms with Crippen molar-refractivity contribution in [3.63, 3.8) is 0 Å². The molecule has 5 heteroatoms. The van der Waals surface area contributed by atoms with E-state index in [1.807, 2.05) is 49.4 Å². The first kappa shape index (κ1) is 17.0. The largest absolute Gasteiger partial charge is 0.370 e. The molecule has 0 spiro atoms. The lowest BCUT2D eigenvalue weighted by atomic mass is 10.1. The average molecular weight is 356 g/mol. The SMILES string of the molecule is Cc1cccc(-c2noc(-c3ccc(NCCc4ccccc4)nc3)n2)c1. The van der Waals surface area contributed by atoms with Crippen LogP contribution in [-0.2, 0) is 6.42 Å². The predicted molar refractivity (Wildman–Crippen MR) is 106 cm³/mol. The standard InChI is InChI=1S/C22H20N4O/c1-16-6-5-9-18(14-16)21-25-22(27-26-21)19-10-11-20(24-15-19)23-13-12-17-7-3-2-4-8-17/h2-11,14-15H,12-13H2,1H3,(H,23,24). The molecule has 0 atom stereocenters. The van der Waals surface area contributed by atoms with E-state index in [0.29, 0.717) is 11.7 Å². The first-order valence-corrected chi connectivity index (χ1v) is 8.93. The molecule has 0 fully saturated rings. The van der Waals surface area contributed by atoms with Gasteiger partial charge in [0.1, 0.15) is 5.82 Å². The zero-order valence-electron chi connectivity index (χ0n) is 15.1. The van der Waals surface area contributed by atoms with Crippen LogP contribution in [0.3, 0.4) is 0 Å². The molecule has 0 aliphatic rings. The van der Waals surface area contributed by atoms with Crippen molar-refractivity contribution in [3.05, 3.63) is 84.1 Å². The van der Waals surface area contributed by atoms with Crippen LogP contribution in [0.5, 0.6) is 0 Å². The average Bonchev–Trinajstić information content (AvgIpc) is 3.20. The molecule has 0 saturated heterocycles. The van der Waals surface area contributed by atoms with Crippen LogP contribution in [0, 0.1) is 6.92 Å². The fourth-order valence-electron chi connectivity index (χ4n) is 2.85. The molecule has 2 aromatic carbocycles. The van der Waals surface area contributed by atoms with Crippen molar-refractivity contribution in [2.45, 2.75) is 13.3 Å². The molecule has 2 heterocycles. The van der Waals surface area contributed by atoms with Crippen LogP contribution in [-0.4, -0.2) is 21.7 Å². The predicted octanol–water partition coefficient (Wildman–Crippen LogP) is 4.76. The molecule has 0 radical (unpaired) electrons. The first-order valence-electron chi connectivity index (χ1n) is 8.93. The molecule has 0 amide bonds. The van der Waals surface area contributed by atoms with Crippen molar-refractivity contribution >= 4 is 5.82 Å². The maximum atomic E-state index is 5.40. The molecule has 0 aliphatic carbocycles. The van der Waals surface area contributed by atoms with Crippen LogP contribution in [0.1, 0.15) is 11.1 Å². The Labute approximate surface area is 158 Å². The third-order valence-corrected chi connectivity index (χ3v) is 4.28. The van der Waals surface area contributed by atoms with E-state index in [4.69, 9.17) is 4.52 Å². The second kappa shape index (κ2) is 7.83. The number of aryl methyl sites for hydroxylation is 1. The Kier molecular flexibility index (Phi) is 4.92. The van der Waals surface area contributed by atoms with E-state index in [1.54, 1.807) is 6.20 Å². The third-order valence-electron chi connectivity index (χ3n) is 4.28.